The number of para-hydroxylation sites is 2. The summed E-state index contributed by atoms with van der Waals surface area (Å²) < 4.78 is 34.5. The van der Waals surface area contributed by atoms with Crippen molar-refractivity contribution in [2.24, 2.45) is 5.73 Å². The fourth-order valence-corrected chi connectivity index (χ4v) is 6.21. The number of fused-ring (bicyclic) bond motifs is 2. The second kappa shape index (κ2) is 8.92. The van der Waals surface area contributed by atoms with Crippen molar-refractivity contribution in [3.63, 3.8) is 0 Å². The molecule has 0 atom stereocenters. The van der Waals surface area contributed by atoms with Gasteiger partial charge in [0.05, 0.1) is 28.4 Å². The fraction of sp³-hybridized carbons (Fsp3) is 0.0769. The minimum Gasteiger partial charge on any atom is -0.494 e. The Labute approximate surface area is 212 Å². The van der Waals surface area contributed by atoms with Gasteiger partial charge in [0.1, 0.15) is 16.6 Å². The summed E-state index contributed by atoms with van der Waals surface area (Å²) in [6.45, 7) is 2.08. The van der Waals surface area contributed by atoms with Crippen LogP contribution in [0.1, 0.15) is 28.4 Å². The van der Waals surface area contributed by atoms with E-state index in [0.29, 0.717) is 27.6 Å². The maximum atomic E-state index is 14.0. The van der Waals surface area contributed by atoms with Crippen LogP contribution in [0.5, 0.6) is 5.75 Å². The molecule has 2 heterocycles. The van der Waals surface area contributed by atoms with Crippen LogP contribution in [-0.4, -0.2) is 31.8 Å². The Kier molecular flexibility index (Phi) is 5.89. The van der Waals surface area contributed by atoms with E-state index in [2.05, 4.69) is 4.98 Å². The molecular weight excluding hydrogens is 502 g/mol. The van der Waals surface area contributed by atoms with Gasteiger partial charge in [-0.3, -0.25) is 14.6 Å². The lowest BCUT2D eigenvalue weighted by atomic mass is 9.88. The Balaban J connectivity index is 1.81. The summed E-state index contributed by atoms with van der Waals surface area (Å²) >= 11 is 6.33. The molecule has 3 aromatic carbocycles. The second-order valence-corrected chi connectivity index (χ2v) is 10.1. The number of hydrogen-bond donors (Lipinski definition) is 1. The molecule has 0 spiro atoms. The van der Waals surface area contributed by atoms with E-state index in [1.54, 1.807) is 55.5 Å². The number of ether oxygens (including phenoxy) is 1. The third kappa shape index (κ3) is 3.59. The summed E-state index contributed by atoms with van der Waals surface area (Å²) in [5.74, 6) is -1.48. The number of anilines is 1. The molecule has 5 rings (SSSR count). The number of rotatable bonds is 6. The zero-order valence-corrected chi connectivity index (χ0v) is 20.5. The van der Waals surface area contributed by atoms with Gasteiger partial charge < -0.3 is 10.5 Å². The molecule has 2 N–H and O–H groups in total. The van der Waals surface area contributed by atoms with E-state index in [4.69, 9.17) is 22.1 Å². The van der Waals surface area contributed by atoms with E-state index in [1.165, 1.54) is 24.4 Å². The van der Waals surface area contributed by atoms with E-state index in [1.807, 2.05) is 0 Å². The molecule has 0 saturated heterocycles. The minimum atomic E-state index is -4.48. The van der Waals surface area contributed by atoms with Crippen LogP contribution in [0.2, 0.25) is 5.02 Å². The topological polar surface area (TPSA) is 120 Å². The largest absolute Gasteiger partial charge is 0.494 e. The van der Waals surface area contributed by atoms with E-state index in [9.17, 15) is 18.0 Å². The van der Waals surface area contributed by atoms with Gasteiger partial charge in [0.2, 0.25) is 0 Å². The highest BCUT2D eigenvalue weighted by Crippen LogP contribution is 2.48. The Morgan fingerprint density at radius 2 is 1.81 bits per heavy atom. The van der Waals surface area contributed by atoms with Crippen LogP contribution in [0.3, 0.4) is 0 Å². The standard InChI is InChI=1S/C26H19ClN3O5S/c1-2-35-19-10-4-3-9-16(19)21-23-18(13-12-17(27)22(23)25(28)31)30(26(21)32)36(33,34)20-11-5-7-15-8-6-14-29-24(15)20/h3-14H,2H2,1H3,(H2,28,31). The lowest BCUT2D eigenvalue weighted by Gasteiger charge is -2.19. The average Bonchev–Trinajstić information content (AvgIpc) is 3.16. The van der Waals surface area contributed by atoms with E-state index in [-0.39, 0.29) is 38.2 Å². The van der Waals surface area contributed by atoms with Crippen molar-refractivity contribution in [1.29, 1.82) is 0 Å². The molecule has 0 fully saturated rings. The number of benzene rings is 3. The highest BCUT2D eigenvalue weighted by Gasteiger charge is 2.49. The minimum absolute atomic E-state index is 0.00786. The van der Waals surface area contributed by atoms with Gasteiger partial charge in [-0.2, -0.15) is 0 Å². The third-order valence-electron chi connectivity index (χ3n) is 5.82. The number of primary amides is 1. The molecule has 0 saturated carbocycles. The average molecular weight is 521 g/mol. The number of nitrogens with two attached hydrogens (primary N) is 1. The molecule has 8 nitrogen and oxygen atoms in total. The van der Waals surface area contributed by atoms with Crippen molar-refractivity contribution in [2.75, 3.05) is 10.9 Å². The molecule has 1 radical (unpaired) electrons. The fourth-order valence-electron chi connectivity index (χ4n) is 4.37. The molecule has 0 unspecified atom stereocenters. The number of carbonyl (C=O) groups excluding carboxylic acids is 2. The Morgan fingerprint density at radius 3 is 2.56 bits per heavy atom. The highest BCUT2D eigenvalue weighted by molar-refractivity contribution is 7.94. The van der Waals surface area contributed by atoms with Crippen molar-refractivity contribution in [3.05, 3.63) is 101 Å². The quantitative estimate of drug-likeness (QED) is 0.409. The lowest BCUT2D eigenvalue weighted by molar-refractivity contribution is -0.114. The smallest absolute Gasteiger partial charge is 0.273 e. The predicted octanol–water partition coefficient (Wildman–Crippen LogP) is 4.09. The summed E-state index contributed by atoms with van der Waals surface area (Å²) in [5, 5.41) is 0.580. The number of sulfonamides is 1. The number of carbonyl (C=O) groups is 2. The molecule has 0 aliphatic carbocycles. The number of amides is 2. The van der Waals surface area contributed by atoms with Crippen molar-refractivity contribution >= 4 is 50.0 Å². The van der Waals surface area contributed by atoms with Gasteiger partial charge in [-0.1, -0.05) is 48.0 Å². The Morgan fingerprint density at radius 1 is 1.06 bits per heavy atom. The van der Waals surface area contributed by atoms with Gasteiger partial charge in [-0.05, 0) is 37.3 Å². The molecule has 1 aliphatic rings. The van der Waals surface area contributed by atoms with Crippen LogP contribution in [0.4, 0.5) is 5.69 Å². The maximum absolute atomic E-state index is 14.0. The van der Waals surface area contributed by atoms with Crippen molar-refractivity contribution < 1.29 is 22.7 Å². The molecule has 1 aliphatic heterocycles. The van der Waals surface area contributed by atoms with Gasteiger partial charge >= 0.3 is 0 Å². The number of nitrogens with zero attached hydrogens (tertiary/aromatic N) is 2. The molecule has 36 heavy (non-hydrogen) atoms. The third-order valence-corrected chi connectivity index (χ3v) is 7.86. The molecule has 181 valence electrons. The maximum Gasteiger partial charge on any atom is 0.273 e. The zero-order valence-electron chi connectivity index (χ0n) is 18.9. The van der Waals surface area contributed by atoms with Gasteiger partial charge in [0.25, 0.3) is 21.8 Å². The van der Waals surface area contributed by atoms with E-state index < -0.39 is 21.8 Å². The number of halogens is 1. The van der Waals surface area contributed by atoms with Crippen LogP contribution >= 0.6 is 11.6 Å². The first-order valence-corrected chi connectivity index (χ1v) is 12.7. The van der Waals surface area contributed by atoms with Crippen LogP contribution in [0.15, 0.2) is 77.8 Å². The molecule has 2 amide bonds. The van der Waals surface area contributed by atoms with Crippen LogP contribution < -0.4 is 14.8 Å². The van der Waals surface area contributed by atoms with Gasteiger partial charge in [-0.25, -0.2) is 12.7 Å². The first-order chi connectivity index (χ1) is 17.3. The van der Waals surface area contributed by atoms with Gasteiger partial charge in [0.15, 0.2) is 0 Å². The molecule has 4 aromatic rings. The zero-order chi connectivity index (χ0) is 25.6. The van der Waals surface area contributed by atoms with E-state index >= 15 is 0 Å². The number of aromatic nitrogens is 1. The first kappa shape index (κ1) is 23.8. The van der Waals surface area contributed by atoms with Crippen LogP contribution in [0.25, 0.3) is 10.9 Å². The summed E-state index contributed by atoms with van der Waals surface area (Å²) in [4.78, 5) is 30.6. The molecule has 10 heteroatoms. The van der Waals surface area contributed by atoms with Crippen molar-refractivity contribution in [1.82, 2.24) is 4.98 Å². The first-order valence-electron chi connectivity index (χ1n) is 10.9. The monoisotopic (exact) mass is 520 g/mol. The molecule has 0 bridgehead atoms. The van der Waals surface area contributed by atoms with E-state index in [0.717, 1.165) is 0 Å². The van der Waals surface area contributed by atoms with Crippen LogP contribution in [-0.2, 0) is 14.8 Å². The normalized spacial score (nSPS) is 13.7. The number of hydrogen-bond acceptors (Lipinski definition) is 6. The van der Waals surface area contributed by atoms with Crippen molar-refractivity contribution in [2.45, 2.75) is 11.8 Å². The number of pyridine rings is 1. The molecular formula is C26H19ClN3O5S. The summed E-state index contributed by atoms with van der Waals surface area (Å²) in [7, 11) is -4.48. The second-order valence-electron chi connectivity index (χ2n) is 7.89. The summed E-state index contributed by atoms with van der Waals surface area (Å²) in [6.07, 6.45) is 1.47. The van der Waals surface area contributed by atoms with Gasteiger partial charge in [0, 0.05) is 22.7 Å². The van der Waals surface area contributed by atoms with Gasteiger partial charge in [-0.15, -0.1) is 0 Å². The summed E-state index contributed by atoms with van der Waals surface area (Å²) in [5.41, 5.74) is 6.01. The van der Waals surface area contributed by atoms with Crippen LogP contribution in [0, 0.1) is 5.92 Å². The predicted molar refractivity (Wildman–Crippen MR) is 135 cm³/mol. The van der Waals surface area contributed by atoms with Crippen molar-refractivity contribution in [3.8, 4) is 5.75 Å². The Bertz CT molecular complexity index is 1650. The SMILES string of the molecule is CCOc1ccccc1[C]1C(=O)N(S(=O)(=O)c2cccc3cccnc23)c2ccc(Cl)c(C(N)=O)c21. The lowest BCUT2D eigenvalue weighted by Crippen LogP contribution is -2.36. The summed E-state index contributed by atoms with van der Waals surface area (Å²) in [6, 6.07) is 17.5. The Hall–Kier alpha value is -3.95. The molecule has 1 aromatic heterocycles. The highest BCUT2D eigenvalue weighted by atomic mass is 35.5.